The Morgan fingerprint density at radius 1 is 1.15 bits per heavy atom. The predicted octanol–water partition coefficient (Wildman–Crippen LogP) is 3.62. The minimum atomic E-state index is -0.618. The van der Waals surface area contributed by atoms with E-state index in [0.717, 1.165) is 5.69 Å². The highest BCUT2D eigenvalue weighted by molar-refractivity contribution is 6.31. The Kier molecular flexibility index (Phi) is 5.04. The van der Waals surface area contributed by atoms with Crippen LogP contribution in [0.4, 0.5) is 0 Å². The number of nitrogens with two attached hydrogens (primary N) is 1. The van der Waals surface area contributed by atoms with Gasteiger partial charge in [-0.05, 0) is 38.1 Å². The second-order valence-corrected chi connectivity index (χ2v) is 6.10. The average molecular weight is 369 g/mol. The van der Waals surface area contributed by atoms with Gasteiger partial charge >= 0.3 is 5.97 Å². The van der Waals surface area contributed by atoms with E-state index in [1.165, 1.54) is 0 Å². The van der Waals surface area contributed by atoms with E-state index in [-0.39, 0.29) is 5.84 Å². The number of aryl methyl sites for hydroxylation is 1. The molecule has 0 bridgehead atoms. The Balaban J connectivity index is 1.85. The zero-order valence-corrected chi connectivity index (χ0v) is 15.1. The quantitative estimate of drug-likeness (QED) is 0.330. The molecule has 2 aromatic carbocycles. The van der Waals surface area contributed by atoms with Gasteiger partial charge in [0.25, 0.3) is 0 Å². The van der Waals surface area contributed by atoms with Crippen molar-refractivity contribution in [3.8, 4) is 5.69 Å². The molecule has 2 N–H and O–H groups in total. The zero-order valence-electron chi connectivity index (χ0n) is 14.3. The Morgan fingerprint density at radius 3 is 2.58 bits per heavy atom. The molecule has 0 saturated heterocycles. The lowest BCUT2D eigenvalue weighted by atomic mass is 10.2. The van der Waals surface area contributed by atoms with Crippen LogP contribution >= 0.6 is 11.6 Å². The Bertz CT molecular complexity index is 980. The molecular weight excluding hydrogens is 352 g/mol. The first kappa shape index (κ1) is 17.7. The smallest absolute Gasteiger partial charge is 0.369 e. The summed E-state index contributed by atoms with van der Waals surface area (Å²) in [5.74, 6) is -0.557. The van der Waals surface area contributed by atoms with Crippen LogP contribution in [0.3, 0.4) is 0 Å². The highest BCUT2D eigenvalue weighted by Crippen LogP contribution is 2.19. The Hall–Kier alpha value is -3.12. The summed E-state index contributed by atoms with van der Waals surface area (Å²) in [7, 11) is 0. The molecule has 0 aliphatic carbocycles. The maximum Gasteiger partial charge on any atom is 0.369 e. The summed E-state index contributed by atoms with van der Waals surface area (Å²) in [6, 6.07) is 16.3. The second kappa shape index (κ2) is 7.41. The van der Waals surface area contributed by atoms with Crippen LogP contribution < -0.4 is 5.73 Å². The lowest BCUT2D eigenvalue weighted by Crippen LogP contribution is -2.15. The van der Waals surface area contributed by atoms with Crippen LogP contribution in [0.5, 0.6) is 0 Å². The topological polar surface area (TPSA) is 82.5 Å². The van der Waals surface area contributed by atoms with Crippen LogP contribution in [0, 0.1) is 13.8 Å². The number of halogens is 1. The third-order valence-electron chi connectivity index (χ3n) is 3.84. The van der Waals surface area contributed by atoms with Gasteiger partial charge in [0.15, 0.2) is 5.84 Å². The molecule has 132 valence electrons. The normalized spacial score (nSPS) is 11.4. The number of aromatic nitrogens is 2. The number of oxime groups is 1. The zero-order chi connectivity index (χ0) is 18.7. The number of carbonyl (C=O) groups is 1. The van der Waals surface area contributed by atoms with E-state index >= 15 is 0 Å². The van der Waals surface area contributed by atoms with E-state index in [0.29, 0.717) is 27.5 Å². The SMILES string of the molecule is Cc1nn(-c2ccccc2)c(C)c1C(=O)O/N=C(\N)c1cccc(Cl)c1. The number of hydrogen-bond donors (Lipinski definition) is 1. The Labute approximate surface area is 155 Å². The first-order valence-corrected chi connectivity index (χ1v) is 8.27. The van der Waals surface area contributed by atoms with E-state index < -0.39 is 5.97 Å². The van der Waals surface area contributed by atoms with Gasteiger partial charge in [-0.3, -0.25) is 0 Å². The minimum absolute atomic E-state index is 0.0617. The number of para-hydroxylation sites is 1. The van der Waals surface area contributed by atoms with Gasteiger partial charge in [-0.2, -0.15) is 5.10 Å². The van der Waals surface area contributed by atoms with Crippen LogP contribution in [-0.4, -0.2) is 21.6 Å². The number of amidine groups is 1. The van der Waals surface area contributed by atoms with Crippen LogP contribution in [0.15, 0.2) is 59.8 Å². The van der Waals surface area contributed by atoms with Crippen LogP contribution in [0.25, 0.3) is 5.69 Å². The van der Waals surface area contributed by atoms with Gasteiger partial charge in [0, 0.05) is 10.6 Å². The summed E-state index contributed by atoms with van der Waals surface area (Å²) in [5.41, 5.74) is 8.85. The van der Waals surface area contributed by atoms with Crippen LogP contribution in [0.2, 0.25) is 5.02 Å². The predicted molar refractivity (Wildman–Crippen MR) is 101 cm³/mol. The minimum Gasteiger partial charge on any atom is -0.380 e. The monoisotopic (exact) mass is 368 g/mol. The fraction of sp³-hybridized carbons (Fsp3) is 0.105. The number of carbonyl (C=O) groups excluding carboxylic acids is 1. The van der Waals surface area contributed by atoms with E-state index in [2.05, 4.69) is 10.3 Å². The fourth-order valence-corrected chi connectivity index (χ4v) is 2.79. The molecular formula is C19H17ClN4O2. The molecule has 0 saturated carbocycles. The van der Waals surface area contributed by atoms with Crippen LogP contribution in [-0.2, 0) is 4.84 Å². The van der Waals surface area contributed by atoms with Gasteiger partial charge in [0.2, 0.25) is 0 Å². The molecule has 0 radical (unpaired) electrons. The summed E-state index contributed by atoms with van der Waals surface area (Å²) < 4.78 is 1.69. The fourth-order valence-electron chi connectivity index (χ4n) is 2.60. The third-order valence-corrected chi connectivity index (χ3v) is 4.08. The van der Waals surface area contributed by atoms with Gasteiger partial charge in [0.05, 0.1) is 17.1 Å². The standard InChI is InChI=1S/C19H17ClN4O2/c1-12-17(13(2)24(22-12)16-9-4-3-5-10-16)19(25)26-23-18(21)14-7-6-8-15(20)11-14/h3-11H,1-2H3,(H2,21,23). The van der Waals surface area contributed by atoms with Crippen molar-refractivity contribution in [2.24, 2.45) is 10.9 Å². The van der Waals surface area contributed by atoms with Crippen molar-refractivity contribution in [2.45, 2.75) is 13.8 Å². The Morgan fingerprint density at radius 2 is 1.88 bits per heavy atom. The maximum absolute atomic E-state index is 12.5. The summed E-state index contributed by atoms with van der Waals surface area (Å²) in [4.78, 5) is 17.5. The number of benzene rings is 2. The molecule has 0 aliphatic rings. The van der Waals surface area contributed by atoms with Crippen molar-refractivity contribution >= 4 is 23.4 Å². The van der Waals surface area contributed by atoms with E-state index in [1.807, 2.05) is 30.3 Å². The van der Waals surface area contributed by atoms with Gasteiger partial charge in [-0.25, -0.2) is 9.48 Å². The summed E-state index contributed by atoms with van der Waals surface area (Å²) in [6.45, 7) is 3.54. The van der Waals surface area contributed by atoms with Gasteiger partial charge in [-0.1, -0.05) is 47.1 Å². The molecule has 1 heterocycles. The van der Waals surface area contributed by atoms with Gasteiger partial charge in [-0.15, -0.1) is 0 Å². The summed E-state index contributed by atoms with van der Waals surface area (Å²) in [6.07, 6.45) is 0. The first-order valence-electron chi connectivity index (χ1n) is 7.89. The number of nitrogens with zero attached hydrogens (tertiary/aromatic N) is 3. The maximum atomic E-state index is 12.5. The van der Waals surface area contributed by atoms with E-state index in [9.17, 15) is 4.79 Å². The first-order chi connectivity index (χ1) is 12.5. The lowest BCUT2D eigenvalue weighted by molar-refractivity contribution is 0.0514. The molecule has 6 nitrogen and oxygen atoms in total. The molecule has 0 amide bonds. The van der Waals surface area contributed by atoms with Crippen molar-refractivity contribution in [3.63, 3.8) is 0 Å². The largest absolute Gasteiger partial charge is 0.380 e. The molecule has 0 atom stereocenters. The van der Waals surface area contributed by atoms with Crippen molar-refractivity contribution in [3.05, 3.63) is 82.1 Å². The van der Waals surface area contributed by atoms with Crippen molar-refractivity contribution < 1.29 is 9.63 Å². The summed E-state index contributed by atoms with van der Waals surface area (Å²) in [5, 5.41) is 8.66. The van der Waals surface area contributed by atoms with E-state index in [4.69, 9.17) is 22.2 Å². The van der Waals surface area contributed by atoms with Gasteiger partial charge in [0.1, 0.15) is 5.56 Å². The summed E-state index contributed by atoms with van der Waals surface area (Å²) >= 11 is 5.92. The van der Waals surface area contributed by atoms with Gasteiger partial charge < -0.3 is 10.6 Å². The third kappa shape index (κ3) is 3.60. The van der Waals surface area contributed by atoms with Crippen LogP contribution in [0.1, 0.15) is 27.3 Å². The molecule has 0 spiro atoms. The average Bonchev–Trinajstić information content (AvgIpc) is 2.94. The molecule has 3 aromatic rings. The van der Waals surface area contributed by atoms with E-state index in [1.54, 1.807) is 42.8 Å². The molecule has 0 aliphatic heterocycles. The molecule has 0 fully saturated rings. The number of hydrogen-bond acceptors (Lipinski definition) is 4. The van der Waals surface area contributed by atoms with Crippen molar-refractivity contribution in [2.75, 3.05) is 0 Å². The number of rotatable bonds is 4. The lowest BCUT2D eigenvalue weighted by Gasteiger charge is -2.04. The molecule has 1 aromatic heterocycles. The molecule has 7 heteroatoms. The van der Waals surface area contributed by atoms with Crippen molar-refractivity contribution in [1.82, 2.24) is 9.78 Å². The highest BCUT2D eigenvalue weighted by atomic mass is 35.5. The molecule has 0 unspecified atom stereocenters. The second-order valence-electron chi connectivity index (χ2n) is 5.66. The van der Waals surface area contributed by atoms with Crippen molar-refractivity contribution in [1.29, 1.82) is 0 Å². The molecule has 26 heavy (non-hydrogen) atoms. The molecule has 3 rings (SSSR count). The highest BCUT2D eigenvalue weighted by Gasteiger charge is 2.21.